The number of benzene rings is 9. The van der Waals surface area contributed by atoms with Gasteiger partial charge in [0, 0.05) is 38.1 Å². The fourth-order valence-corrected chi connectivity index (χ4v) is 9.83. The Morgan fingerprint density at radius 3 is 1.23 bits per heavy atom. The summed E-state index contributed by atoms with van der Waals surface area (Å²) in [5.74, 6) is 0. The molecule has 0 unspecified atom stereocenters. The highest BCUT2D eigenvalue weighted by molar-refractivity contribution is 7.25. The van der Waals surface area contributed by atoms with Crippen molar-refractivity contribution in [3.8, 4) is 44.5 Å². The largest absolute Gasteiger partial charge is 0.264 e. The fraction of sp³-hybridized carbons (Fsp3) is 0. The molecule has 0 fully saturated rings. The van der Waals surface area contributed by atoms with Crippen molar-refractivity contribution in [2.24, 2.45) is 0 Å². The molecule has 0 amide bonds. The Morgan fingerprint density at radius 1 is 0.283 bits per heavy atom. The van der Waals surface area contributed by atoms with Crippen molar-refractivity contribution in [1.82, 2.24) is 4.98 Å². The number of fused-ring (bicyclic) bond motifs is 7. The van der Waals surface area contributed by atoms with Crippen LogP contribution in [0.4, 0.5) is 0 Å². The molecule has 1 nitrogen and oxygen atoms in total. The normalized spacial score (nSPS) is 11.8. The van der Waals surface area contributed by atoms with Crippen molar-refractivity contribution in [1.29, 1.82) is 0 Å². The van der Waals surface area contributed by atoms with Crippen LogP contribution in [-0.2, 0) is 0 Å². The predicted molar refractivity (Wildman–Crippen MR) is 229 cm³/mol. The Labute approximate surface area is 311 Å². The van der Waals surface area contributed by atoms with Gasteiger partial charge in [0.2, 0.25) is 0 Å². The van der Waals surface area contributed by atoms with Gasteiger partial charge in [-0.15, -0.1) is 11.3 Å². The first-order valence-corrected chi connectivity index (χ1v) is 18.9. The molecule has 0 radical (unpaired) electrons. The molecular weight excluding hydrogens is 659 g/mol. The lowest BCUT2D eigenvalue weighted by molar-refractivity contribution is 1.33. The predicted octanol–water partition coefficient (Wildman–Crippen LogP) is 14.7. The lowest BCUT2D eigenvalue weighted by Gasteiger charge is -2.18. The molecule has 9 aromatic carbocycles. The first kappa shape index (κ1) is 30.1. The van der Waals surface area contributed by atoms with E-state index in [1.165, 1.54) is 102 Å². The van der Waals surface area contributed by atoms with E-state index in [0.29, 0.717) is 0 Å². The second kappa shape index (κ2) is 12.0. The molecule has 11 rings (SSSR count). The highest BCUT2D eigenvalue weighted by Crippen LogP contribution is 2.47. The number of hydrogen-bond donors (Lipinski definition) is 0. The van der Waals surface area contributed by atoms with Crippen LogP contribution in [0.3, 0.4) is 0 Å². The summed E-state index contributed by atoms with van der Waals surface area (Å²) in [5.41, 5.74) is 9.97. The fourth-order valence-electron chi connectivity index (χ4n) is 8.70. The van der Waals surface area contributed by atoms with Crippen LogP contribution in [0, 0.1) is 0 Å². The number of thiophene rings is 1. The molecule has 0 N–H and O–H groups in total. The molecule has 0 spiro atoms. The van der Waals surface area contributed by atoms with Crippen molar-refractivity contribution in [3.63, 3.8) is 0 Å². The summed E-state index contributed by atoms with van der Waals surface area (Å²) in [6, 6.07) is 64.7. The molecule has 2 heteroatoms. The van der Waals surface area contributed by atoms with Crippen molar-refractivity contribution < 1.29 is 0 Å². The van der Waals surface area contributed by atoms with Crippen molar-refractivity contribution in [2.45, 2.75) is 0 Å². The molecule has 11 aromatic rings. The Balaban J connectivity index is 1.13. The Bertz CT molecular complexity index is 3100. The number of hydrogen-bond acceptors (Lipinski definition) is 2. The van der Waals surface area contributed by atoms with E-state index in [1.54, 1.807) is 0 Å². The van der Waals surface area contributed by atoms with Crippen LogP contribution in [0.2, 0.25) is 0 Å². The first-order valence-electron chi connectivity index (χ1n) is 18.1. The Kier molecular flexibility index (Phi) is 6.80. The van der Waals surface area contributed by atoms with E-state index in [1.807, 2.05) is 29.8 Å². The van der Waals surface area contributed by atoms with E-state index in [9.17, 15) is 0 Å². The third-order valence-electron chi connectivity index (χ3n) is 10.9. The summed E-state index contributed by atoms with van der Waals surface area (Å²) >= 11 is 1.89. The molecule has 0 aliphatic heterocycles. The van der Waals surface area contributed by atoms with Crippen molar-refractivity contribution >= 4 is 74.6 Å². The van der Waals surface area contributed by atoms with Gasteiger partial charge in [0.1, 0.15) is 0 Å². The zero-order chi connectivity index (χ0) is 34.9. The third-order valence-corrected chi connectivity index (χ3v) is 12.1. The van der Waals surface area contributed by atoms with Gasteiger partial charge < -0.3 is 0 Å². The topological polar surface area (TPSA) is 12.9 Å². The summed E-state index contributed by atoms with van der Waals surface area (Å²) < 4.78 is 2.60. The number of rotatable bonds is 4. The standard InChI is InChI=1S/C51H31NS/c1-2-13-32(14-3-1)48-37-16-4-6-18-39(37)50(40-19-7-5-17-38(40)48)34-24-26-36-45-29-33(25-27-46(45)53-47(36)30-34)49-41-20-8-10-22-43(41)51(35-15-12-28-52-31-35)44-23-11-9-21-42(44)49/h1-31H. The quantitative estimate of drug-likeness (QED) is 0.168. The Morgan fingerprint density at radius 2 is 0.717 bits per heavy atom. The van der Waals surface area contributed by atoms with Gasteiger partial charge in [-0.2, -0.15) is 0 Å². The number of aromatic nitrogens is 1. The van der Waals surface area contributed by atoms with Gasteiger partial charge in [-0.1, -0.05) is 152 Å². The van der Waals surface area contributed by atoms with Gasteiger partial charge in [0.25, 0.3) is 0 Å². The van der Waals surface area contributed by atoms with Crippen molar-refractivity contribution in [3.05, 3.63) is 188 Å². The first-order chi connectivity index (χ1) is 26.3. The van der Waals surface area contributed by atoms with E-state index in [-0.39, 0.29) is 0 Å². The molecule has 2 heterocycles. The smallest absolute Gasteiger partial charge is 0.0361 e. The molecule has 0 saturated carbocycles. The van der Waals surface area contributed by atoms with Crippen LogP contribution in [0.25, 0.3) is 108 Å². The minimum Gasteiger partial charge on any atom is -0.264 e. The van der Waals surface area contributed by atoms with E-state index in [4.69, 9.17) is 0 Å². The molecule has 0 saturated heterocycles. The van der Waals surface area contributed by atoms with E-state index in [2.05, 4.69) is 175 Å². The van der Waals surface area contributed by atoms with Gasteiger partial charge in [-0.25, -0.2) is 0 Å². The molecular formula is C51H31NS. The molecule has 0 aliphatic carbocycles. The van der Waals surface area contributed by atoms with Crippen LogP contribution in [0.15, 0.2) is 188 Å². The van der Waals surface area contributed by atoms with Crippen LogP contribution >= 0.6 is 11.3 Å². The minimum absolute atomic E-state index is 1.14. The lowest BCUT2D eigenvalue weighted by atomic mass is 9.85. The maximum Gasteiger partial charge on any atom is 0.0361 e. The zero-order valence-electron chi connectivity index (χ0n) is 28.8. The maximum absolute atomic E-state index is 4.49. The summed E-state index contributed by atoms with van der Waals surface area (Å²) in [6.45, 7) is 0. The van der Waals surface area contributed by atoms with Crippen LogP contribution in [0.5, 0.6) is 0 Å². The highest BCUT2D eigenvalue weighted by atomic mass is 32.1. The number of nitrogens with zero attached hydrogens (tertiary/aromatic N) is 1. The zero-order valence-corrected chi connectivity index (χ0v) is 29.6. The van der Waals surface area contributed by atoms with Crippen LogP contribution in [0.1, 0.15) is 0 Å². The van der Waals surface area contributed by atoms with Gasteiger partial charge in [0.05, 0.1) is 0 Å². The monoisotopic (exact) mass is 689 g/mol. The van der Waals surface area contributed by atoms with E-state index in [0.717, 1.165) is 5.56 Å². The van der Waals surface area contributed by atoms with Crippen LogP contribution in [-0.4, -0.2) is 4.98 Å². The summed E-state index contributed by atoms with van der Waals surface area (Å²) in [4.78, 5) is 4.49. The van der Waals surface area contributed by atoms with Gasteiger partial charge in [-0.05, 0) is 106 Å². The average Bonchev–Trinajstić information content (AvgIpc) is 3.59. The Hall–Kier alpha value is -6.61. The summed E-state index contributed by atoms with van der Waals surface area (Å²) in [7, 11) is 0. The van der Waals surface area contributed by atoms with E-state index >= 15 is 0 Å². The lowest BCUT2D eigenvalue weighted by Crippen LogP contribution is -1.91. The number of pyridine rings is 1. The molecule has 2 aromatic heterocycles. The molecule has 0 bridgehead atoms. The minimum atomic E-state index is 1.14. The summed E-state index contributed by atoms with van der Waals surface area (Å²) in [6.07, 6.45) is 3.83. The molecule has 0 aliphatic rings. The molecule has 246 valence electrons. The SMILES string of the molecule is c1ccc(-c2c3ccccc3c(-c3ccc4c(c3)sc3ccc(-c5c6ccccc6c(-c6cccnc6)c6ccccc56)cc34)c3ccccc23)cc1. The highest BCUT2D eigenvalue weighted by Gasteiger charge is 2.19. The second-order valence-electron chi connectivity index (χ2n) is 13.8. The van der Waals surface area contributed by atoms with Gasteiger partial charge >= 0.3 is 0 Å². The average molecular weight is 690 g/mol. The second-order valence-corrected chi connectivity index (χ2v) is 14.9. The van der Waals surface area contributed by atoms with Crippen molar-refractivity contribution in [2.75, 3.05) is 0 Å². The molecule has 53 heavy (non-hydrogen) atoms. The third kappa shape index (κ3) is 4.66. The maximum atomic E-state index is 4.49. The molecule has 0 atom stereocenters. The van der Waals surface area contributed by atoms with E-state index < -0.39 is 0 Å². The van der Waals surface area contributed by atoms with Gasteiger partial charge in [-0.3, -0.25) is 4.98 Å². The summed E-state index contributed by atoms with van der Waals surface area (Å²) in [5, 5.41) is 12.7. The van der Waals surface area contributed by atoms with Crippen LogP contribution < -0.4 is 0 Å². The van der Waals surface area contributed by atoms with Gasteiger partial charge in [0.15, 0.2) is 0 Å².